The number of aliphatic hydroxyl groups excluding tert-OH is 3. The lowest BCUT2D eigenvalue weighted by Gasteiger charge is -2.35. The fraction of sp³-hybridized carbons (Fsp3) is 0.889. The van der Waals surface area contributed by atoms with Crippen molar-refractivity contribution in [3.05, 3.63) is 0 Å². The highest BCUT2D eigenvalue weighted by molar-refractivity contribution is 7.80. The first-order valence-electron chi connectivity index (χ1n) is 5.15. The summed E-state index contributed by atoms with van der Waals surface area (Å²) in [4.78, 5) is 0. The highest BCUT2D eigenvalue weighted by Crippen LogP contribution is 2.13. The highest BCUT2D eigenvalue weighted by Gasteiger charge is 2.37. The molecule has 7 heteroatoms. The van der Waals surface area contributed by atoms with Gasteiger partial charge < -0.3 is 30.1 Å². The van der Waals surface area contributed by atoms with E-state index in [-0.39, 0.29) is 11.8 Å². The molecular weight excluding hydrogens is 234 g/mol. The standard InChI is InChI=1S/C9H17NO5S/c1-2-3-14-9(16)10-8-7(13)6(12)5(11)4-15-8/h5-8,11-13H,2-4H2,1H3,(H,10,16)/t5-,6-,7-,8+/m0/s1. The van der Waals surface area contributed by atoms with Crippen LogP contribution < -0.4 is 5.32 Å². The van der Waals surface area contributed by atoms with Crippen LogP contribution >= 0.6 is 12.2 Å². The van der Waals surface area contributed by atoms with E-state index in [9.17, 15) is 15.3 Å². The van der Waals surface area contributed by atoms with Gasteiger partial charge in [0.25, 0.3) is 5.17 Å². The molecular formula is C9H17NO5S. The van der Waals surface area contributed by atoms with Gasteiger partial charge in [0.1, 0.15) is 18.3 Å². The molecule has 0 aromatic rings. The Hall–Kier alpha value is -0.470. The molecule has 0 aliphatic carbocycles. The van der Waals surface area contributed by atoms with Crippen LogP contribution in [0.2, 0.25) is 0 Å². The van der Waals surface area contributed by atoms with Gasteiger partial charge in [-0.3, -0.25) is 0 Å². The molecule has 1 aliphatic heterocycles. The molecule has 0 amide bonds. The number of aliphatic hydroxyl groups is 3. The minimum Gasteiger partial charge on any atom is -0.471 e. The van der Waals surface area contributed by atoms with Gasteiger partial charge in [0, 0.05) is 0 Å². The van der Waals surface area contributed by atoms with Gasteiger partial charge in [-0.1, -0.05) is 6.92 Å². The van der Waals surface area contributed by atoms with Crippen LogP contribution in [0.5, 0.6) is 0 Å². The molecule has 1 heterocycles. The Morgan fingerprint density at radius 2 is 2.12 bits per heavy atom. The van der Waals surface area contributed by atoms with E-state index in [2.05, 4.69) is 5.32 Å². The van der Waals surface area contributed by atoms with Crippen LogP contribution in [0.15, 0.2) is 0 Å². The lowest BCUT2D eigenvalue weighted by atomic mass is 10.0. The van der Waals surface area contributed by atoms with Crippen LogP contribution in [0, 0.1) is 0 Å². The molecule has 6 nitrogen and oxygen atoms in total. The SMILES string of the molecule is CCCOC(=S)N[C@@H]1OC[C@H](O)[C@H](O)[C@@H]1O. The zero-order chi connectivity index (χ0) is 12.1. The van der Waals surface area contributed by atoms with E-state index >= 15 is 0 Å². The Kier molecular flexibility index (Phi) is 5.36. The van der Waals surface area contributed by atoms with Crippen molar-refractivity contribution in [1.82, 2.24) is 5.32 Å². The van der Waals surface area contributed by atoms with Gasteiger partial charge in [-0.2, -0.15) is 0 Å². The molecule has 1 fully saturated rings. The topological polar surface area (TPSA) is 91.2 Å². The molecule has 0 aromatic heterocycles. The number of rotatable bonds is 3. The molecule has 4 atom stereocenters. The summed E-state index contributed by atoms with van der Waals surface area (Å²) >= 11 is 4.85. The minimum absolute atomic E-state index is 0.0632. The van der Waals surface area contributed by atoms with Crippen LogP contribution in [0.3, 0.4) is 0 Å². The lowest BCUT2D eigenvalue weighted by molar-refractivity contribution is -0.191. The summed E-state index contributed by atoms with van der Waals surface area (Å²) in [5.41, 5.74) is 0. The summed E-state index contributed by atoms with van der Waals surface area (Å²) in [5, 5.41) is 30.9. The third kappa shape index (κ3) is 3.53. The Morgan fingerprint density at radius 1 is 1.44 bits per heavy atom. The second-order valence-corrected chi connectivity index (χ2v) is 3.95. The van der Waals surface area contributed by atoms with E-state index in [4.69, 9.17) is 21.7 Å². The van der Waals surface area contributed by atoms with Crippen LogP contribution in [-0.4, -0.2) is 58.2 Å². The molecule has 94 valence electrons. The molecule has 0 spiro atoms. The van der Waals surface area contributed by atoms with Crippen LogP contribution in [0.25, 0.3) is 0 Å². The van der Waals surface area contributed by atoms with Crippen molar-refractivity contribution in [2.45, 2.75) is 37.9 Å². The number of hydrogen-bond donors (Lipinski definition) is 4. The first-order chi connectivity index (χ1) is 7.56. The van der Waals surface area contributed by atoms with Crippen molar-refractivity contribution in [2.24, 2.45) is 0 Å². The maximum Gasteiger partial charge on any atom is 0.258 e. The van der Waals surface area contributed by atoms with Crippen LogP contribution in [-0.2, 0) is 9.47 Å². The maximum absolute atomic E-state index is 9.57. The number of ether oxygens (including phenoxy) is 2. The van der Waals surface area contributed by atoms with Gasteiger partial charge in [0.05, 0.1) is 13.2 Å². The Bertz CT molecular complexity index is 240. The van der Waals surface area contributed by atoms with Crippen molar-refractivity contribution in [3.8, 4) is 0 Å². The summed E-state index contributed by atoms with van der Waals surface area (Å²) in [7, 11) is 0. The molecule has 16 heavy (non-hydrogen) atoms. The van der Waals surface area contributed by atoms with Crippen LogP contribution in [0.4, 0.5) is 0 Å². The predicted molar refractivity (Wildman–Crippen MR) is 59.7 cm³/mol. The van der Waals surface area contributed by atoms with Crippen LogP contribution in [0.1, 0.15) is 13.3 Å². The summed E-state index contributed by atoms with van der Waals surface area (Å²) in [6.45, 7) is 2.35. The van der Waals surface area contributed by atoms with Gasteiger partial charge in [-0.05, 0) is 18.6 Å². The van der Waals surface area contributed by atoms with Crippen molar-refractivity contribution in [3.63, 3.8) is 0 Å². The van der Waals surface area contributed by atoms with E-state index in [0.717, 1.165) is 6.42 Å². The summed E-state index contributed by atoms with van der Waals surface area (Å²) in [5.74, 6) is 0. The van der Waals surface area contributed by atoms with Crippen molar-refractivity contribution < 1.29 is 24.8 Å². The van der Waals surface area contributed by atoms with Crippen molar-refractivity contribution >= 4 is 17.4 Å². The average molecular weight is 251 g/mol. The van der Waals surface area contributed by atoms with E-state index in [1.54, 1.807) is 0 Å². The maximum atomic E-state index is 9.57. The summed E-state index contributed by atoms with van der Waals surface area (Å²) < 4.78 is 10.2. The Morgan fingerprint density at radius 3 is 2.75 bits per heavy atom. The Balaban J connectivity index is 2.39. The van der Waals surface area contributed by atoms with E-state index in [1.807, 2.05) is 6.92 Å². The molecule has 0 aromatic carbocycles. The van der Waals surface area contributed by atoms with E-state index in [1.165, 1.54) is 0 Å². The van der Waals surface area contributed by atoms with Gasteiger partial charge in [0.2, 0.25) is 0 Å². The highest BCUT2D eigenvalue weighted by atomic mass is 32.1. The smallest absolute Gasteiger partial charge is 0.258 e. The third-order valence-electron chi connectivity index (χ3n) is 2.20. The zero-order valence-corrected chi connectivity index (χ0v) is 9.81. The molecule has 4 N–H and O–H groups in total. The zero-order valence-electron chi connectivity index (χ0n) is 9.00. The Labute approximate surface area is 99.2 Å². The molecule has 1 saturated heterocycles. The first kappa shape index (κ1) is 13.6. The van der Waals surface area contributed by atoms with Gasteiger partial charge in [-0.15, -0.1) is 0 Å². The lowest BCUT2D eigenvalue weighted by Crippen LogP contribution is -2.58. The predicted octanol–water partition coefficient (Wildman–Crippen LogP) is -1.27. The molecule has 0 radical (unpaired) electrons. The fourth-order valence-electron chi connectivity index (χ4n) is 1.29. The van der Waals surface area contributed by atoms with Gasteiger partial charge in [-0.25, -0.2) is 0 Å². The fourth-order valence-corrected chi connectivity index (χ4v) is 1.49. The van der Waals surface area contributed by atoms with Gasteiger partial charge >= 0.3 is 0 Å². The van der Waals surface area contributed by atoms with E-state index in [0.29, 0.717) is 6.61 Å². The van der Waals surface area contributed by atoms with E-state index < -0.39 is 24.5 Å². The molecule has 0 saturated carbocycles. The molecule has 1 aliphatic rings. The summed E-state index contributed by atoms with van der Waals surface area (Å²) in [6, 6.07) is 0. The minimum atomic E-state index is -1.25. The largest absolute Gasteiger partial charge is 0.471 e. The number of thiocarbonyl (C=S) groups is 1. The second-order valence-electron chi connectivity index (χ2n) is 3.58. The number of hydrogen-bond acceptors (Lipinski definition) is 6. The second kappa shape index (κ2) is 6.31. The first-order valence-corrected chi connectivity index (χ1v) is 5.56. The normalized spacial score (nSPS) is 34.5. The number of nitrogens with one attached hydrogen (secondary N) is 1. The quantitative estimate of drug-likeness (QED) is 0.465. The average Bonchev–Trinajstić information content (AvgIpc) is 2.27. The molecule has 1 rings (SSSR count). The third-order valence-corrected chi connectivity index (χ3v) is 2.43. The van der Waals surface area contributed by atoms with Crippen molar-refractivity contribution in [1.29, 1.82) is 0 Å². The van der Waals surface area contributed by atoms with Crippen molar-refractivity contribution in [2.75, 3.05) is 13.2 Å². The molecule has 0 bridgehead atoms. The monoisotopic (exact) mass is 251 g/mol. The summed E-state index contributed by atoms with van der Waals surface area (Å²) in [6.07, 6.45) is -3.62. The van der Waals surface area contributed by atoms with Gasteiger partial charge in [0.15, 0.2) is 6.23 Å². The molecule has 0 unspecified atom stereocenters.